The molecule has 1 aromatic rings. The van der Waals surface area contributed by atoms with E-state index in [1.165, 1.54) is 56.9 Å². The van der Waals surface area contributed by atoms with Gasteiger partial charge in [-0.1, -0.05) is 64.0 Å². The van der Waals surface area contributed by atoms with Crippen LogP contribution < -0.4 is 10.1 Å². The quantitative estimate of drug-likeness (QED) is 0.549. The van der Waals surface area contributed by atoms with Crippen molar-refractivity contribution in [2.45, 2.75) is 70.8 Å². The number of hydrogen-bond donors (Lipinski definition) is 1. The molecule has 0 saturated carbocycles. The van der Waals surface area contributed by atoms with Gasteiger partial charge in [-0.2, -0.15) is 0 Å². The third-order valence-corrected chi connectivity index (χ3v) is 4.21. The van der Waals surface area contributed by atoms with Gasteiger partial charge in [0.1, 0.15) is 5.75 Å². The standard InChI is InChI=1S/C19H33NO/c1-4-5-6-7-8-9-10-11-18(20-2)16-17-12-14-19(21-3)15-13-17/h12-15,18,20H,4-11,16H2,1-3H3. The molecule has 120 valence electrons. The van der Waals surface area contributed by atoms with E-state index in [4.69, 9.17) is 4.74 Å². The van der Waals surface area contributed by atoms with Crippen LogP contribution in [0, 0.1) is 0 Å². The van der Waals surface area contributed by atoms with Gasteiger partial charge in [0.25, 0.3) is 0 Å². The van der Waals surface area contributed by atoms with Gasteiger partial charge in [-0.15, -0.1) is 0 Å². The molecule has 1 rings (SSSR count). The molecule has 0 aliphatic carbocycles. The number of benzene rings is 1. The van der Waals surface area contributed by atoms with E-state index >= 15 is 0 Å². The lowest BCUT2D eigenvalue weighted by atomic mass is 9.99. The first-order valence-corrected chi connectivity index (χ1v) is 8.60. The molecule has 0 aromatic heterocycles. The molecule has 0 saturated heterocycles. The Kier molecular flexibility index (Phi) is 9.98. The van der Waals surface area contributed by atoms with Gasteiger partial charge in [-0.05, 0) is 37.6 Å². The van der Waals surface area contributed by atoms with E-state index in [0.29, 0.717) is 6.04 Å². The van der Waals surface area contributed by atoms with E-state index in [-0.39, 0.29) is 0 Å². The van der Waals surface area contributed by atoms with Gasteiger partial charge in [0, 0.05) is 6.04 Å². The van der Waals surface area contributed by atoms with Gasteiger partial charge in [-0.3, -0.25) is 0 Å². The Bertz CT molecular complexity index is 347. The highest BCUT2D eigenvalue weighted by atomic mass is 16.5. The number of unbranched alkanes of at least 4 members (excludes halogenated alkanes) is 6. The first-order chi connectivity index (χ1) is 10.3. The fourth-order valence-electron chi connectivity index (χ4n) is 2.74. The van der Waals surface area contributed by atoms with Crippen LogP contribution in [0.1, 0.15) is 63.9 Å². The molecular weight excluding hydrogens is 258 g/mol. The minimum absolute atomic E-state index is 0.592. The summed E-state index contributed by atoms with van der Waals surface area (Å²) in [4.78, 5) is 0. The average Bonchev–Trinajstić information content (AvgIpc) is 2.53. The summed E-state index contributed by atoms with van der Waals surface area (Å²) < 4.78 is 5.20. The fraction of sp³-hybridized carbons (Fsp3) is 0.684. The zero-order chi connectivity index (χ0) is 15.3. The van der Waals surface area contributed by atoms with Crippen LogP contribution in [0.5, 0.6) is 5.75 Å². The van der Waals surface area contributed by atoms with Crippen molar-refractivity contribution in [3.05, 3.63) is 29.8 Å². The fourth-order valence-corrected chi connectivity index (χ4v) is 2.74. The summed E-state index contributed by atoms with van der Waals surface area (Å²) in [6.07, 6.45) is 12.1. The minimum atomic E-state index is 0.592. The summed E-state index contributed by atoms with van der Waals surface area (Å²) in [6, 6.07) is 9.04. The molecule has 0 aliphatic heterocycles. The lowest BCUT2D eigenvalue weighted by Gasteiger charge is -2.16. The molecule has 0 aliphatic rings. The Morgan fingerprint density at radius 2 is 1.57 bits per heavy atom. The van der Waals surface area contributed by atoms with Crippen LogP contribution in [0.4, 0.5) is 0 Å². The molecule has 1 unspecified atom stereocenters. The van der Waals surface area contributed by atoms with Crippen LogP contribution in [0.25, 0.3) is 0 Å². The molecule has 0 fully saturated rings. The molecule has 1 atom stereocenters. The maximum atomic E-state index is 5.20. The topological polar surface area (TPSA) is 21.3 Å². The van der Waals surface area contributed by atoms with Gasteiger partial charge in [0.05, 0.1) is 7.11 Å². The van der Waals surface area contributed by atoms with Crippen molar-refractivity contribution in [3.63, 3.8) is 0 Å². The van der Waals surface area contributed by atoms with Gasteiger partial charge < -0.3 is 10.1 Å². The number of likely N-dealkylation sites (N-methyl/N-ethyl adjacent to an activating group) is 1. The second kappa shape index (κ2) is 11.6. The summed E-state index contributed by atoms with van der Waals surface area (Å²) in [5.41, 5.74) is 1.39. The van der Waals surface area contributed by atoms with Crippen LogP contribution in [0.15, 0.2) is 24.3 Å². The van der Waals surface area contributed by atoms with Crippen LogP contribution in [-0.2, 0) is 6.42 Å². The lowest BCUT2D eigenvalue weighted by molar-refractivity contribution is 0.414. The Morgan fingerprint density at radius 1 is 0.952 bits per heavy atom. The molecule has 21 heavy (non-hydrogen) atoms. The number of nitrogens with one attached hydrogen (secondary N) is 1. The zero-order valence-corrected chi connectivity index (χ0v) is 14.2. The average molecular weight is 291 g/mol. The molecular formula is C19H33NO. The highest BCUT2D eigenvalue weighted by Gasteiger charge is 2.07. The van der Waals surface area contributed by atoms with Crippen molar-refractivity contribution in [1.29, 1.82) is 0 Å². The third kappa shape index (κ3) is 8.11. The molecule has 1 N–H and O–H groups in total. The molecule has 2 nitrogen and oxygen atoms in total. The highest BCUT2D eigenvalue weighted by molar-refractivity contribution is 5.27. The molecule has 0 radical (unpaired) electrons. The van der Waals surface area contributed by atoms with Crippen LogP contribution in [0.3, 0.4) is 0 Å². The van der Waals surface area contributed by atoms with Crippen molar-refractivity contribution < 1.29 is 4.74 Å². The van der Waals surface area contributed by atoms with Crippen LogP contribution >= 0.6 is 0 Å². The molecule has 0 spiro atoms. The first-order valence-electron chi connectivity index (χ1n) is 8.60. The smallest absolute Gasteiger partial charge is 0.118 e. The predicted molar refractivity (Wildman–Crippen MR) is 92.2 cm³/mol. The second-order valence-electron chi connectivity index (χ2n) is 5.95. The van der Waals surface area contributed by atoms with Gasteiger partial charge in [0.15, 0.2) is 0 Å². The molecule has 0 heterocycles. The highest BCUT2D eigenvalue weighted by Crippen LogP contribution is 2.15. The number of hydrogen-bond acceptors (Lipinski definition) is 2. The Hall–Kier alpha value is -1.02. The second-order valence-corrected chi connectivity index (χ2v) is 5.95. The summed E-state index contributed by atoms with van der Waals surface area (Å²) in [6.45, 7) is 2.27. The SMILES string of the molecule is CCCCCCCCCC(Cc1ccc(OC)cc1)NC. The predicted octanol–water partition coefficient (Wildman–Crippen LogP) is 4.97. The summed E-state index contributed by atoms with van der Waals surface area (Å²) >= 11 is 0. The monoisotopic (exact) mass is 291 g/mol. The number of methoxy groups -OCH3 is 1. The Balaban J connectivity index is 2.18. The normalized spacial score (nSPS) is 12.3. The molecule has 0 bridgehead atoms. The summed E-state index contributed by atoms with van der Waals surface area (Å²) in [5, 5.41) is 3.46. The van der Waals surface area contributed by atoms with Crippen molar-refractivity contribution in [2.24, 2.45) is 0 Å². The lowest BCUT2D eigenvalue weighted by Crippen LogP contribution is -2.27. The Labute approximate surface area is 131 Å². The van der Waals surface area contributed by atoms with E-state index in [1.54, 1.807) is 7.11 Å². The summed E-state index contributed by atoms with van der Waals surface area (Å²) in [7, 11) is 3.79. The van der Waals surface area contributed by atoms with Crippen molar-refractivity contribution in [1.82, 2.24) is 5.32 Å². The van der Waals surface area contributed by atoms with Crippen molar-refractivity contribution in [3.8, 4) is 5.75 Å². The maximum absolute atomic E-state index is 5.20. The number of ether oxygens (including phenoxy) is 1. The van der Waals surface area contributed by atoms with E-state index in [9.17, 15) is 0 Å². The van der Waals surface area contributed by atoms with Crippen LogP contribution in [-0.4, -0.2) is 20.2 Å². The summed E-state index contributed by atoms with van der Waals surface area (Å²) in [5.74, 6) is 0.937. The van der Waals surface area contributed by atoms with Crippen molar-refractivity contribution in [2.75, 3.05) is 14.2 Å². The van der Waals surface area contributed by atoms with E-state index in [2.05, 4.69) is 43.6 Å². The van der Waals surface area contributed by atoms with Crippen molar-refractivity contribution >= 4 is 0 Å². The van der Waals surface area contributed by atoms with E-state index in [0.717, 1.165) is 12.2 Å². The molecule has 2 heteroatoms. The first kappa shape index (κ1) is 18.0. The Morgan fingerprint density at radius 3 is 2.14 bits per heavy atom. The molecule has 0 amide bonds. The van der Waals surface area contributed by atoms with Gasteiger partial charge in [0.2, 0.25) is 0 Å². The van der Waals surface area contributed by atoms with E-state index in [1.807, 2.05) is 0 Å². The van der Waals surface area contributed by atoms with Gasteiger partial charge >= 0.3 is 0 Å². The largest absolute Gasteiger partial charge is 0.497 e. The van der Waals surface area contributed by atoms with Gasteiger partial charge in [-0.25, -0.2) is 0 Å². The third-order valence-electron chi connectivity index (χ3n) is 4.21. The van der Waals surface area contributed by atoms with E-state index < -0.39 is 0 Å². The zero-order valence-electron chi connectivity index (χ0n) is 14.2. The maximum Gasteiger partial charge on any atom is 0.118 e. The number of rotatable bonds is 12. The molecule has 1 aromatic carbocycles. The van der Waals surface area contributed by atoms with Crippen LogP contribution in [0.2, 0.25) is 0 Å². The minimum Gasteiger partial charge on any atom is -0.497 e.